The molecule has 0 spiro atoms. The lowest BCUT2D eigenvalue weighted by atomic mass is 9.84. The Hall–Kier alpha value is -3.65. The van der Waals surface area contributed by atoms with E-state index in [4.69, 9.17) is 4.74 Å². The second-order valence-electron chi connectivity index (χ2n) is 9.64. The van der Waals surface area contributed by atoms with Crippen molar-refractivity contribution in [2.75, 3.05) is 12.4 Å². The minimum atomic E-state index is -3.65. The van der Waals surface area contributed by atoms with E-state index in [1.165, 1.54) is 17.0 Å². The normalized spacial score (nSPS) is 21.7. The lowest BCUT2D eigenvalue weighted by molar-refractivity contribution is -0.152. The highest BCUT2D eigenvalue weighted by Crippen LogP contribution is 2.48. The first-order chi connectivity index (χ1) is 17.3. The molecule has 7 nitrogen and oxygen atoms in total. The number of rotatable bonds is 5. The first-order valence-electron chi connectivity index (χ1n) is 12.0. The lowest BCUT2D eigenvalue weighted by Crippen LogP contribution is -2.58. The van der Waals surface area contributed by atoms with Gasteiger partial charge in [0.2, 0.25) is 0 Å². The van der Waals surface area contributed by atoms with E-state index in [-0.39, 0.29) is 41.2 Å². The number of nitrogens with zero attached hydrogens (tertiary/aromatic N) is 1. The fourth-order valence-corrected chi connectivity index (χ4v) is 7.44. The lowest BCUT2D eigenvalue weighted by Gasteiger charge is -2.43. The van der Waals surface area contributed by atoms with Crippen LogP contribution in [0, 0.1) is 0 Å². The second kappa shape index (κ2) is 8.20. The molecule has 6 rings (SSSR count). The molecule has 3 aromatic carbocycles. The molecule has 1 saturated carbocycles. The number of aliphatic carboxylic acids is 1. The molecule has 3 aliphatic rings. The van der Waals surface area contributed by atoms with Crippen LogP contribution in [0.25, 0.3) is 11.1 Å². The van der Waals surface area contributed by atoms with Gasteiger partial charge in [-0.2, -0.15) is 0 Å². The van der Waals surface area contributed by atoms with Gasteiger partial charge in [-0.05, 0) is 41.2 Å². The SMILES string of the molecule is O=C(OCC1c2ccccc2-c2ccccc21)N(C1CC1)C1(C(=O)O)CCS(=O)(=O)c2ccccc21. The zero-order valence-electron chi connectivity index (χ0n) is 19.5. The van der Waals surface area contributed by atoms with E-state index in [1.807, 2.05) is 48.5 Å². The van der Waals surface area contributed by atoms with Gasteiger partial charge in [-0.15, -0.1) is 0 Å². The fourth-order valence-electron chi connectivity index (χ4n) is 5.79. The number of carbonyl (C=O) groups excluding carboxylic acids is 1. The summed E-state index contributed by atoms with van der Waals surface area (Å²) in [5, 5.41) is 10.5. The molecule has 3 aromatic rings. The largest absolute Gasteiger partial charge is 0.479 e. The number of fused-ring (bicyclic) bond motifs is 4. The topological polar surface area (TPSA) is 101 Å². The Bertz CT molecular complexity index is 1450. The zero-order valence-corrected chi connectivity index (χ0v) is 20.3. The number of carboxylic acid groups (broad SMARTS) is 1. The van der Waals surface area contributed by atoms with Crippen molar-refractivity contribution in [1.82, 2.24) is 4.90 Å². The quantitative estimate of drug-likeness (QED) is 0.548. The average Bonchev–Trinajstić information content (AvgIpc) is 3.66. The van der Waals surface area contributed by atoms with Crippen LogP contribution in [0.4, 0.5) is 4.79 Å². The van der Waals surface area contributed by atoms with Crippen molar-refractivity contribution >= 4 is 21.9 Å². The van der Waals surface area contributed by atoms with Crippen LogP contribution in [0.5, 0.6) is 0 Å². The minimum Gasteiger partial charge on any atom is -0.479 e. The van der Waals surface area contributed by atoms with E-state index in [0.717, 1.165) is 22.3 Å². The third-order valence-corrected chi connectivity index (χ3v) is 9.38. The summed E-state index contributed by atoms with van der Waals surface area (Å²) in [6, 6.07) is 21.8. The highest BCUT2D eigenvalue weighted by atomic mass is 32.2. The number of amides is 1. The molecule has 0 aromatic heterocycles. The average molecular weight is 504 g/mol. The number of carbonyl (C=O) groups is 2. The molecule has 1 amide bonds. The van der Waals surface area contributed by atoms with Gasteiger partial charge in [0.25, 0.3) is 0 Å². The molecule has 8 heteroatoms. The van der Waals surface area contributed by atoms with Crippen LogP contribution in [-0.2, 0) is 24.9 Å². The standard InChI is InChI=1S/C28H25NO6S/c30-26(31)28(15-16-36(33,34)25-12-6-5-11-24(25)28)29(18-13-14-18)27(32)35-17-23-21-9-3-1-7-19(21)20-8-2-4-10-22(20)23/h1-12,18,23H,13-17H2,(H,30,31). The predicted octanol–water partition coefficient (Wildman–Crippen LogP) is 4.56. The van der Waals surface area contributed by atoms with Gasteiger partial charge < -0.3 is 9.84 Å². The summed E-state index contributed by atoms with van der Waals surface area (Å²) in [6.07, 6.45) is 0.348. The fraction of sp³-hybridized carbons (Fsp3) is 0.286. The number of sulfone groups is 1. The molecule has 184 valence electrons. The highest BCUT2D eigenvalue weighted by molar-refractivity contribution is 7.91. The number of benzene rings is 3. The first kappa shape index (κ1) is 22.8. The maximum Gasteiger partial charge on any atom is 0.411 e. The van der Waals surface area contributed by atoms with Crippen molar-refractivity contribution in [3.63, 3.8) is 0 Å². The summed E-state index contributed by atoms with van der Waals surface area (Å²) in [5.74, 6) is -1.76. The van der Waals surface area contributed by atoms with Gasteiger partial charge in [0.05, 0.1) is 10.6 Å². The molecule has 1 N–H and O–H groups in total. The Morgan fingerprint density at radius 3 is 2.11 bits per heavy atom. The summed E-state index contributed by atoms with van der Waals surface area (Å²) in [5.41, 5.74) is 2.65. The molecule has 1 aliphatic heterocycles. The van der Waals surface area contributed by atoms with Gasteiger partial charge in [-0.25, -0.2) is 18.0 Å². The Morgan fingerprint density at radius 2 is 1.50 bits per heavy atom. The smallest absolute Gasteiger partial charge is 0.411 e. The molecule has 36 heavy (non-hydrogen) atoms. The Labute approximate surface area is 209 Å². The number of carboxylic acids is 1. The van der Waals surface area contributed by atoms with Gasteiger partial charge in [0, 0.05) is 23.9 Å². The van der Waals surface area contributed by atoms with E-state index >= 15 is 0 Å². The molecule has 2 aliphatic carbocycles. The summed E-state index contributed by atoms with van der Waals surface area (Å²) in [7, 11) is -3.65. The van der Waals surface area contributed by atoms with Crippen LogP contribution in [0.3, 0.4) is 0 Å². The molecule has 1 atom stereocenters. The van der Waals surface area contributed by atoms with E-state index in [0.29, 0.717) is 12.8 Å². The van der Waals surface area contributed by atoms with Gasteiger partial charge in [0.1, 0.15) is 6.61 Å². The van der Waals surface area contributed by atoms with Crippen molar-refractivity contribution in [3.05, 3.63) is 89.5 Å². The van der Waals surface area contributed by atoms with Gasteiger partial charge in [-0.1, -0.05) is 66.7 Å². The maximum atomic E-state index is 13.7. The van der Waals surface area contributed by atoms with Gasteiger partial charge >= 0.3 is 12.1 Å². The number of ether oxygens (including phenoxy) is 1. The van der Waals surface area contributed by atoms with Crippen molar-refractivity contribution in [3.8, 4) is 11.1 Å². The van der Waals surface area contributed by atoms with E-state index in [9.17, 15) is 23.1 Å². The van der Waals surface area contributed by atoms with E-state index < -0.39 is 27.4 Å². The second-order valence-corrected chi connectivity index (χ2v) is 11.7. The highest BCUT2D eigenvalue weighted by Gasteiger charge is 2.58. The van der Waals surface area contributed by atoms with Crippen LogP contribution >= 0.6 is 0 Å². The van der Waals surface area contributed by atoms with Crippen molar-refractivity contribution in [1.29, 1.82) is 0 Å². The molecule has 0 saturated heterocycles. The van der Waals surface area contributed by atoms with Crippen molar-refractivity contribution in [2.45, 2.75) is 41.7 Å². The van der Waals surface area contributed by atoms with E-state index in [1.54, 1.807) is 12.1 Å². The Balaban J connectivity index is 1.36. The summed E-state index contributed by atoms with van der Waals surface area (Å²) in [6.45, 7) is 0.0612. The van der Waals surface area contributed by atoms with Crippen LogP contribution in [0.2, 0.25) is 0 Å². The molecule has 1 heterocycles. The molecular weight excluding hydrogens is 478 g/mol. The molecule has 1 unspecified atom stereocenters. The maximum absolute atomic E-state index is 13.7. The minimum absolute atomic E-state index is 0.0317. The molecule has 0 radical (unpaired) electrons. The first-order valence-corrected chi connectivity index (χ1v) is 13.7. The summed E-state index contributed by atoms with van der Waals surface area (Å²) >= 11 is 0. The van der Waals surface area contributed by atoms with Crippen LogP contribution in [-0.4, -0.2) is 48.9 Å². The zero-order chi connectivity index (χ0) is 25.1. The molecular formula is C28H25NO6S. The number of hydrogen-bond donors (Lipinski definition) is 1. The number of hydrogen-bond acceptors (Lipinski definition) is 5. The van der Waals surface area contributed by atoms with Crippen LogP contribution < -0.4 is 0 Å². The van der Waals surface area contributed by atoms with Crippen molar-refractivity contribution < 1.29 is 27.9 Å². The Kier molecular flexibility index (Phi) is 5.19. The molecule has 1 fully saturated rings. The van der Waals surface area contributed by atoms with Crippen LogP contribution in [0.1, 0.15) is 41.9 Å². The molecule has 0 bridgehead atoms. The third-order valence-electron chi connectivity index (χ3n) is 7.61. The summed E-state index contributed by atoms with van der Waals surface area (Å²) < 4.78 is 31.4. The van der Waals surface area contributed by atoms with Gasteiger partial charge in [0.15, 0.2) is 15.4 Å². The van der Waals surface area contributed by atoms with E-state index in [2.05, 4.69) is 0 Å². The monoisotopic (exact) mass is 503 g/mol. The van der Waals surface area contributed by atoms with Crippen LogP contribution in [0.15, 0.2) is 77.7 Å². The summed E-state index contributed by atoms with van der Waals surface area (Å²) in [4.78, 5) is 27.8. The van der Waals surface area contributed by atoms with Gasteiger partial charge in [-0.3, -0.25) is 4.90 Å². The predicted molar refractivity (Wildman–Crippen MR) is 132 cm³/mol. The Morgan fingerprint density at radius 1 is 0.917 bits per heavy atom. The third kappa shape index (κ3) is 3.35. The van der Waals surface area contributed by atoms with Crippen molar-refractivity contribution in [2.24, 2.45) is 0 Å².